The van der Waals surface area contributed by atoms with Crippen LogP contribution in [0.4, 0.5) is 15.3 Å². The van der Waals surface area contributed by atoms with Crippen LogP contribution in [0.5, 0.6) is 0 Å². The first kappa shape index (κ1) is 34.9. The number of rotatable bonds is 11. The number of carbonyl (C=O) groups is 3. The lowest BCUT2D eigenvalue weighted by Crippen LogP contribution is -2.62. The molecule has 4 aliphatic heterocycles. The Hall–Kier alpha value is -4.48. The van der Waals surface area contributed by atoms with Crippen molar-refractivity contribution >= 4 is 74.9 Å². The number of anilines is 2. The molecule has 51 heavy (non-hydrogen) atoms. The number of amidine groups is 1. The average Bonchev–Trinajstić information content (AvgIpc) is 3.81. The smallest absolute Gasteiger partial charge is 0.352 e. The van der Waals surface area contributed by atoms with Crippen molar-refractivity contribution in [3.63, 3.8) is 0 Å². The van der Waals surface area contributed by atoms with Gasteiger partial charge in [-0.2, -0.15) is 0 Å². The zero-order valence-corrected chi connectivity index (χ0v) is 30.1. The number of likely N-dealkylation sites (tertiary alicyclic amines) is 1. The molecule has 0 spiro atoms. The number of hydrogen-bond donors (Lipinski definition) is 3. The maximum absolute atomic E-state index is 15.3. The summed E-state index contributed by atoms with van der Waals surface area (Å²) in [6, 6.07) is 6.94. The van der Waals surface area contributed by atoms with E-state index in [1.54, 1.807) is 6.07 Å². The molecule has 268 valence electrons. The number of nitrogens with one attached hydrogen (secondary N) is 1. The minimum absolute atomic E-state index is 0.0716. The molecule has 2 atom stereocenters. The number of thioether (sulfide) groups is 1. The summed E-state index contributed by atoms with van der Waals surface area (Å²) in [5.74, 6) is -1.76. The lowest BCUT2D eigenvalue weighted by atomic mass is 9.89. The van der Waals surface area contributed by atoms with E-state index in [4.69, 9.17) is 27.6 Å². The molecule has 0 unspecified atom stereocenters. The van der Waals surface area contributed by atoms with Gasteiger partial charge in [0.15, 0.2) is 35.2 Å². The summed E-state index contributed by atoms with van der Waals surface area (Å²) < 4.78 is 19.4. The fraction of sp³-hybridized carbons (Fsp3) is 0.424. The van der Waals surface area contributed by atoms with Gasteiger partial charge < -0.3 is 25.5 Å². The number of β-lactam (4-membered cyclic amide) rings is 1. The number of thiazole rings is 1. The lowest BCUT2D eigenvalue weighted by Gasteiger charge is -2.49. The number of fused-ring (bicyclic) bond motifs is 2. The fourth-order valence-electron chi connectivity index (χ4n) is 7.13. The van der Waals surface area contributed by atoms with E-state index in [2.05, 4.69) is 15.0 Å². The monoisotopic (exact) mass is 756 g/mol. The molecule has 0 aliphatic carbocycles. The van der Waals surface area contributed by atoms with Gasteiger partial charge in [0.1, 0.15) is 34.5 Å². The Morgan fingerprint density at radius 1 is 1.22 bits per heavy atom. The van der Waals surface area contributed by atoms with Crippen molar-refractivity contribution in [3.8, 4) is 0 Å². The molecule has 7 rings (SSSR count). The molecule has 3 aromatic rings. The number of aromatic nitrogens is 3. The Morgan fingerprint density at radius 2 is 2.00 bits per heavy atom. The van der Waals surface area contributed by atoms with Crippen LogP contribution in [0.15, 0.2) is 46.9 Å². The third-order valence-electron chi connectivity index (χ3n) is 9.63. The van der Waals surface area contributed by atoms with E-state index >= 15 is 4.39 Å². The number of halogens is 2. The molecular formula is C33H36ClFN9O5S2+. The summed E-state index contributed by atoms with van der Waals surface area (Å²) in [5, 5.41) is 22.2. The Bertz CT molecular complexity index is 1990. The number of nitrogens with two attached hydrogens (primary N) is 1. The maximum atomic E-state index is 15.3. The van der Waals surface area contributed by atoms with E-state index in [1.165, 1.54) is 29.8 Å². The number of aliphatic carboxylic acids is 1. The normalized spacial score (nSPS) is 20.3. The summed E-state index contributed by atoms with van der Waals surface area (Å²) in [6.07, 6.45) is 4.87. The summed E-state index contributed by atoms with van der Waals surface area (Å²) in [6.45, 7) is 3.46. The highest BCUT2D eigenvalue weighted by atomic mass is 35.5. The van der Waals surface area contributed by atoms with E-state index in [9.17, 15) is 19.5 Å². The third-order valence-corrected chi connectivity index (χ3v) is 12.1. The molecule has 4 N–H and O–H groups in total. The predicted molar refractivity (Wildman–Crippen MR) is 190 cm³/mol. The topological polar surface area (TPSA) is 174 Å². The summed E-state index contributed by atoms with van der Waals surface area (Å²) >= 11 is 8.59. The SMILES string of the molecule is CO/N=C(\C(=O)C[C@@H]1C(=O)N2C(C(=O)O)=C(C[n+]3ccc4n3CCN4Cc3ccc(C(=N)N4CCCCC4)cc3F)CS[C@H]12)c1nc(N)sc1Cl. The van der Waals surface area contributed by atoms with Crippen LogP contribution >= 0.6 is 34.7 Å². The predicted octanol–water partition coefficient (Wildman–Crippen LogP) is 3.32. The van der Waals surface area contributed by atoms with Crippen LogP contribution in [0.3, 0.4) is 0 Å². The second-order valence-corrected chi connectivity index (χ2v) is 15.5. The minimum Gasteiger partial charge on any atom is -0.477 e. The molecule has 2 saturated heterocycles. The van der Waals surface area contributed by atoms with Gasteiger partial charge in [-0.15, -0.1) is 21.1 Å². The van der Waals surface area contributed by atoms with Gasteiger partial charge in [0.25, 0.3) is 0 Å². The van der Waals surface area contributed by atoms with Gasteiger partial charge in [-0.1, -0.05) is 40.2 Å². The van der Waals surface area contributed by atoms with Crippen LogP contribution in [0.25, 0.3) is 0 Å². The number of oxime groups is 1. The number of amides is 1. The molecule has 2 aromatic heterocycles. The first-order valence-electron chi connectivity index (χ1n) is 16.5. The van der Waals surface area contributed by atoms with E-state index in [-0.39, 0.29) is 45.4 Å². The minimum atomic E-state index is -1.22. The number of carboxylic acid groups (broad SMARTS) is 1. The maximum Gasteiger partial charge on any atom is 0.352 e. The van der Waals surface area contributed by atoms with Gasteiger partial charge in [-0.05, 0) is 25.3 Å². The number of ketones is 1. The Kier molecular flexibility index (Phi) is 9.78. The van der Waals surface area contributed by atoms with Crippen molar-refractivity contribution < 1.29 is 33.4 Å². The molecule has 4 aliphatic rings. The van der Waals surface area contributed by atoms with Crippen molar-refractivity contribution in [2.45, 2.75) is 50.7 Å². The molecule has 14 nitrogen and oxygen atoms in total. The molecule has 1 amide bonds. The van der Waals surface area contributed by atoms with Crippen molar-refractivity contribution in [1.82, 2.24) is 19.5 Å². The number of carbonyl (C=O) groups excluding carboxylic acids is 2. The van der Waals surface area contributed by atoms with Crippen LogP contribution in [0.2, 0.25) is 4.34 Å². The number of nitrogen functional groups attached to an aromatic ring is 1. The quantitative estimate of drug-likeness (QED) is 0.0866. The molecule has 6 heterocycles. The number of benzene rings is 1. The van der Waals surface area contributed by atoms with Crippen molar-refractivity contribution in [2.24, 2.45) is 11.1 Å². The molecule has 18 heteroatoms. The number of hydrogen-bond acceptors (Lipinski definition) is 11. The molecule has 1 aromatic carbocycles. The molecule has 0 saturated carbocycles. The Morgan fingerprint density at radius 3 is 2.69 bits per heavy atom. The fourth-order valence-corrected chi connectivity index (χ4v) is 9.46. The molecule has 0 radical (unpaired) electrons. The van der Waals surface area contributed by atoms with Crippen molar-refractivity contribution in [3.05, 3.63) is 68.7 Å². The van der Waals surface area contributed by atoms with E-state index in [1.807, 2.05) is 32.6 Å². The first-order valence-corrected chi connectivity index (χ1v) is 18.7. The highest BCUT2D eigenvalue weighted by molar-refractivity contribution is 8.00. The van der Waals surface area contributed by atoms with Crippen LogP contribution in [0.1, 0.15) is 42.5 Å². The van der Waals surface area contributed by atoms with Gasteiger partial charge in [-0.25, -0.2) is 14.2 Å². The number of nitrogens with zero attached hydrogens (tertiary/aromatic N) is 7. The van der Waals surface area contributed by atoms with Gasteiger partial charge in [0, 0.05) is 55.1 Å². The van der Waals surface area contributed by atoms with E-state index < -0.39 is 29.0 Å². The van der Waals surface area contributed by atoms with Gasteiger partial charge in [0.05, 0.1) is 23.9 Å². The van der Waals surface area contributed by atoms with Gasteiger partial charge >= 0.3 is 5.97 Å². The van der Waals surface area contributed by atoms with Crippen molar-refractivity contribution in [2.75, 3.05) is 43.1 Å². The molecule has 0 bridgehead atoms. The second kappa shape index (κ2) is 14.3. The van der Waals surface area contributed by atoms with Crippen LogP contribution in [-0.4, -0.2) is 91.6 Å². The highest BCUT2D eigenvalue weighted by Crippen LogP contribution is 2.45. The molecule has 2 fully saturated rings. The number of carboxylic acids is 1. The third kappa shape index (κ3) is 6.57. The lowest BCUT2D eigenvalue weighted by molar-refractivity contribution is -0.766. The first-order chi connectivity index (χ1) is 24.5. The Balaban J connectivity index is 1.03. The van der Waals surface area contributed by atoms with Crippen LogP contribution < -0.4 is 15.3 Å². The second-order valence-electron chi connectivity index (χ2n) is 12.7. The van der Waals surface area contributed by atoms with Gasteiger partial charge in [-0.3, -0.25) is 19.9 Å². The number of Topliss-reactive ketones (excluding diaryl/α,β-unsaturated/α-hetero) is 1. The summed E-state index contributed by atoms with van der Waals surface area (Å²) in [7, 11) is 1.27. The highest BCUT2D eigenvalue weighted by Gasteiger charge is 2.54. The number of piperidine rings is 1. The summed E-state index contributed by atoms with van der Waals surface area (Å²) in [5.41, 5.74) is 7.24. The van der Waals surface area contributed by atoms with Gasteiger partial charge in [0.2, 0.25) is 5.91 Å². The molecular weight excluding hydrogens is 721 g/mol. The standard InChI is InChI=1S/C33H35ClFN9O5S2/c1-49-39-25(26-28(34)51-33(37)38-26)23(45)14-21-30(46)44-27(32(47)48)20(17-50-31(21)44)16-42-10-7-24-41(11-12-43(24)42)15-19-6-5-18(13-22(19)35)29(36)40-8-3-2-4-9-40/h5-7,10,13,21,31,36H,2-4,8-9,11-12,14-17H2,1H3,(H2-,37,38,47,48)/p+1/b36-29?,39-25+/t21-,31-/m1/s1. The van der Waals surface area contributed by atoms with Crippen LogP contribution in [0, 0.1) is 17.1 Å². The van der Waals surface area contributed by atoms with E-state index in [0.717, 1.165) is 49.5 Å². The largest absolute Gasteiger partial charge is 0.477 e. The summed E-state index contributed by atoms with van der Waals surface area (Å²) in [4.78, 5) is 53.5. The van der Waals surface area contributed by atoms with Crippen LogP contribution in [-0.2, 0) is 38.9 Å². The zero-order chi connectivity index (χ0) is 36.0. The average molecular weight is 757 g/mol. The van der Waals surface area contributed by atoms with E-state index in [0.29, 0.717) is 47.9 Å². The van der Waals surface area contributed by atoms with Crippen molar-refractivity contribution in [1.29, 1.82) is 5.41 Å². The zero-order valence-electron chi connectivity index (χ0n) is 27.7. The Labute approximate surface area is 305 Å².